The third-order valence-corrected chi connectivity index (χ3v) is 4.37. The third-order valence-electron chi connectivity index (χ3n) is 4.37. The van der Waals surface area contributed by atoms with Crippen molar-refractivity contribution in [1.29, 1.82) is 0 Å². The van der Waals surface area contributed by atoms with Gasteiger partial charge in [-0.1, -0.05) is 6.08 Å². The molecular weight excluding hydrogens is 315 g/mol. The molecule has 132 valence electrons. The maximum absolute atomic E-state index is 13.5. The summed E-state index contributed by atoms with van der Waals surface area (Å²) >= 11 is 0. The molecule has 0 aromatic carbocycles. The van der Waals surface area contributed by atoms with Crippen molar-refractivity contribution < 1.29 is 18.1 Å². The Hall–Kier alpha value is -1.54. The second-order valence-corrected chi connectivity index (χ2v) is 7.09. The van der Waals surface area contributed by atoms with Gasteiger partial charge in [-0.2, -0.15) is 0 Å². The fraction of sp³-hybridized carbons (Fsp3) is 0.625. The molecule has 2 aliphatic heterocycles. The molecule has 0 amide bonds. The highest BCUT2D eigenvalue weighted by Gasteiger charge is 2.53. The molecule has 0 N–H and O–H groups in total. The number of amidine groups is 1. The van der Waals surface area contributed by atoms with Crippen LogP contribution in [0.1, 0.15) is 34.1 Å². The number of rotatable bonds is 3. The summed E-state index contributed by atoms with van der Waals surface area (Å²) in [5.41, 5.74) is -1.08. The highest BCUT2D eigenvalue weighted by molar-refractivity contribution is 6.56. The van der Waals surface area contributed by atoms with E-state index in [9.17, 15) is 8.78 Å². The quantitative estimate of drug-likeness (QED) is 0.451. The molecule has 0 unspecified atom stereocenters. The number of aliphatic imine (C=N–C) groups is 2. The molecule has 0 aliphatic carbocycles. The van der Waals surface area contributed by atoms with Gasteiger partial charge in [0.2, 0.25) is 0 Å². The van der Waals surface area contributed by atoms with E-state index in [0.29, 0.717) is 5.84 Å². The zero-order chi connectivity index (χ0) is 18.1. The maximum Gasteiger partial charge on any atom is 0.496 e. The fourth-order valence-electron chi connectivity index (χ4n) is 2.24. The van der Waals surface area contributed by atoms with Crippen molar-refractivity contribution in [3.05, 3.63) is 23.3 Å². The van der Waals surface area contributed by atoms with Crippen LogP contribution in [0.2, 0.25) is 0 Å². The minimum absolute atomic E-state index is 0.118. The average molecular weight is 339 g/mol. The van der Waals surface area contributed by atoms with E-state index in [-0.39, 0.29) is 17.5 Å². The van der Waals surface area contributed by atoms with Gasteiger partial charge in [0, 0.05) is 37.8 Å². The first-order valence-electron chi connectivity index (χ1n) is 7.85. The number of hydrogen-bond acceptors (Lipinski definition) is 4. The highest BCUT2D eigenvalue weighted by Crippen LogP contribution is 2.40. The number of nitrogens with zero attached hydrogens (tertiary/aromatic N) is 3. The summed E-state index contributed by atoms with van der Waals surface area (Å²) in [7, 11) is 2.77. The lowest BCUT2D eigenvalue weighted by Crippen LogP contribution is -2.41. The highest BCUT2D eigenvalue weighted by atomic mass is 19.3. The summed E-state index contributed by atoms with van der Waals surface area (Å²) in [6, 6.07) is 0. The summed E-state index contributed by atoms with van der Waals surface area (Å²) in [6.07, 6.45) is 2.00. The van der Waals surface area contributed by atoms with Crippen LogP contribution in [0.5, 0.6) is 0 Å². The Bertz CT molecular complexity index is 594. The predicted molar refractivity (Wildman–Crippen MR) is 92.5 cm³/mol. The van der Waals surface area contributed by atoms with E-state index in [1.165, 1.54) is 12.3 Å². The van der Waals surface area contributed by atoms with Crippen LogP contribution in [0.25, 0.3) is 0 Å². The normalized spacial score (nSPS) is 23.2. The molecule has 0 bridgehead atoms. The van der Waals surface area contributed by atoms with Crippen molar-refractivity contribution in [1.82, 2.24) is 4.90 Å². The van der Waals surface area contributed by atoms with Crippen molar-refractivity contribution >= 4 is 19.3 Å². The summed E-state index contributed by atoms with van der Waals surface area (Å²) in [4.78, 5) is 10.2. The topological polar surface area (TPSA) is 46.4 Å². The molecule has 8 heteroatoms. The van der Waals surface area contributed by atoms with Gasteiger partial charge in [-0.3, -0.25) is 0 Å². The van der Waals surface area contributed by atoms with Crippen molar-refractivity contribution in [2.24, 2.45) is 9.98 Å². The van der Waals surface area contributed by atoms with E-state index in [4.69, 9.17) is 9.31 Å². The molecular formula is C16H24BF2N3O2. The van der Waals surface area contributed by atoms with Gasteiger partial charge in [0.25, 0.3) is 6.43 Å². The molecule has 1 saturated heterocycles. The third kappa shape index (κ3) is 3.92. The maximum atomic E-state index is 13.5. The molecule has 0 atom stereocenters. The van der Waals surface area contributed by atoms with Crippen LogP contribution in [0, 0.1) is 0 Å². The molecule has 0 spiro atoms. The van der Waals surface area contributed by atoms with Gasteiger partial charge in [0.1, 0.15) is 5.84 Å². The minimum atomic E-state index is -2.64. The zero-order valence-electron chi connectivity index (χ0n) is 15.0. The van der Waals surface area contributed by atoms with Crippen LogP contribution in [0.15, 0.2) is 33.3 Å². The van der Waals surface area contributed by atoms with Crippen molar-refractivity contribution in [2.75, 3.05) is 14.1 Å². The fourth-order valence-corrected chi connectivity index (χ4v) is 2.24. The van der Waals surface area contributed by atoms with Crippen molar-refractivity contribution in [2.45, 2.75) is 51.7 Å². The number of alkyl halides is 2. The number of allylic oxidation sites excluding steroid dienone is 2. The van der Waals surface area contributed by atoms with Crippen LogP contribution in [-0.2, 0) is 9.31 Å². The van der Waals surface area contributed by atoms with Crippen LogP contribution in [-0.4, -0.2) is 55.9 Å². The van der Waals surface area contributed by atoms with Crippen LogP contribution in [0.3, 0.4) is 0 Å². The Balaban J connectivity index is 2.34. The van der Waals surface area contributed by atoms with Crippen molar-refractivity contribution in [3.8, 4) is 0 Å². The SMILES string of the molecule is CN(C)/C=N/C1=NC=C(B2OC(C)(C)C(C)(C)O2)C(C(F)F)=CC1. The Labute approximate surface area is 142 Å². The first-order valence-corrected chi connectivity index (χ1v) is 7.85. The Morgan fingerprint density at radius 3 is 2.33 bits per heavy atom. The van der Waals surface area contributed by atoms with Gasteiger partial charge >= 0.3 is 7.12 Å². The van der Waals surface area contributed by atoms with Crippen LogP contribution < -0.4 is 0 Å². The lowest BCUT2D eigenvalue weighted by Gasteiger charge is -2.32. The van der Waals surface area contributed by atoms with Crippen LogP contribution in [0.4, 0.5) is 8.78 Å². The monoisotopic (exact) mass is 339 g/mol. The second kappa shape index (κ2) is 6.76. The Kier molecular flexibility index (Phi) is 5.30. The molecule has 1 fully saturated rings. The predicted octanol–water partition coefficient (Wildman–Crippen LogP) is 3.09. The van der Waals surface area contributed by atoms with Crippen LogP contribution >= 0.6 is 0 Å². The number of hydrogen-bond donors (Lipinski definition) is 0. The van der Waals surface area contributed by atoms with Gasteiger partial charge in [0.15, 0.2) is 0 Å². The first kappa shape index (κ1) is 18.8. The van der Waals surface area contributed by atoms with Gasteiger partial charge < -0.3 is 14.2 Å². The molecule has 2 rings (SSSR count). The summed E-state index contributed by atoms with van der Waals surface area (Å²) in [5.74, 6) is 0.452. The molecule has 0 radical (unpaired) electrons. The molecule has 24 heavy (non-hydrogen) atoms. The molecule has 0 aromatic rings. The first-order chi connectivity index (χ1) is 11.0. The van der Waals surface area contributed by atoms with E-state index in [1.807, 2.05) is 41.8 Å². The Morgan fingerprint density at radius 1 is 1.25 bits per heavy atom. The number of halogens is 2. The van der Waals surface area contributed by atoms with Gasteiger partial charge in [0.05, 0.1) is 17.5 Å². The molecule has 0 aromatic heterocycles. The minimum Gasteiger partial charge on any atom is -0.399 e. The molecule has 2 aliphatic rings. The van der Waals surface area contributed by atoms with Gasteiger partial charge in [-0.25, -0.2) is 18.8 Å². The second-order valence-electron chi connectivity index (χ2n) is 7.09. The largest absolute Gasteiger partial charge is 0.496 e. The molecule has 2 heterocycles. The van der Waals surface area contributed by atoms with Crippen molar-refractivity contribution in [3.63, 3.8) is 0 Å². The van der Waals surface area contributed by atoms with E-state index in [1.54, 1.807) is 11.2 Å². The Morgan fingerprint density at radius 2 is 1.83 bits per heavy atom. The molecule has 0 saturated carbocycles. The smallest absolute Gasteiger partial charge is 0.399 e. The van der Waals surface area contributed by atoms with E-state index in [0.717, 1.165) is 0 Å². The van der Waals surface area contributed by atoms with Gasteiger partial charge in [-0.05, 0) is 27.7 Å². The van der Waals surface area contributed by atoms with E-state index in [2.05, 4.69) is 9.98 Å². The van der Waals surface area contributed by atoms with E-state index < -0.39 is 24.7 Å². The zero-order valence-corrected chi connectivity index (χ0v) is 15.0. The van der Waals surface area contributed by atoms with E-state index >= 15 is 0 Å². The lowest BCUT2D eigenvalue weighted by molar-refractivity contribution is 0.00578. The average Bonchev–Trinajstić information content (AvgIpc) is 2.62. The lowest BCUT2D eigenvalue weighted by atomic mass is 9.74. The summed E-state index contributed by atoms with van der Waals surface area (Å²) < 4.78 is 38.8. The standard InChI is InChI=1S/C16H24BF2N3O2/c1-15(2)16(3,4)24-17(23-15)12-9-20-13(21-10-22(5)6)8-7-11(12)14(18)19/h7,9-10,14H,8H2,1-6H3/b21-10+. The summed E-state index contributed by atoms with van der Waals surface area (Å²) in [6.45, 7) is 7.52. The molecule has 5 nitrogen and oxygen atoms in total. The van der Waals surface area contributed by atoms with Gasteiger partial charge in [-0.15, -0.1) is 0 Å². The summed E-state index contributed by atoms with van der Waals surface area (Å²) in [5, 5.41) is 0.